The lowest BCUT2D eigenvalue weighted by Gasteiger charge is -2.42. The zero-order chi connectivity index (χ0) is 25.7. The lowest BCUT2D eigenvalue weighted by molar-refractivity contribution is -0.134. The van der Waals surface area contributed by atoms with Crippen molar-refractivity contribution < 1.29 is 28.6 Å². The first kappa shape index (κ1) is 25.5. The van der Waals surface area contributed by atoms with Crippen LogP contribution in [0.25, 0.3) is 0 Å². The van der Waals surface area contributed by atoms with E-state index in [9.17, 15) is 14.4 Å². The summed E-state index contributed by atoms with van der Waals surface area (Å²) in [7, 11) is 3.38. The molecule has 9 heteroatoms. The molecule has 36 heavy (non-hydrogen) atoms. The Labute approximate surface area is 211 Å². The van der Waals surface area contributed by atoms with Crippen molar-refractivity contribution in [2.24, 2.45) is 0 Å². The summed E-state index contributed by atoms with van der Waals surface area (Å²) in [5.41, 5.74) is 1.95. The predicted molar refractivity (Wildman–Crippen MR) is 134 cm³/mol. The molecule has 0 aliphatic carbocycles. The Morgan fingerprint density at radius 2 is 1.89 bits per heavy atom. The van der Waals surface area contributed by atoms with E-state index < -0.39 is 0 Å². The van der Waals surface area contributed by atoms with Crippen LogP contribution in [0, 0.1) is 0 Å². The first-order valence-corrected chi connectivity index (χ1v) is 12.3. The van der Waals surface area contributed by atoms with Crippen LogP contribution in [0.4, 0.5) is 5.69 Å². The molecule has 0 saturated carbocycles. The zero-order valence-corrected chi connectivity index (χ0v) is 20.9. The van der Waals surface area contributed by atoms with E-state index in [1.165, 1.54) is 0 Å². The van der Waals surface area contributed by atoms with Crippen molar-refractivity contribution >= 4 is 23.4 Å². The quantitative estimate of drug-likeness (QED) is 0.611. The molecule has 1 fully saturated rings. The summed E-state index contributed by atoms with van der Waals surface area (Å²) in [6.07, 6.45) is 1.36. The van der Waals surface area contributed by atoms with Crippen LogP contribution in [0.5, 0.6) is 11.5 Å². The molecule has 1 saturated heterocycles. The van der Waals surface area contributed by atoms with E-state index >= 15 is 0 Å². The molecule has 192 valence electrons. The molecular formula is C27H33N3O6. The van der Waals surface area contributed by atoms with Gasteiger partial charge in [-0.3, -0.25) is 14.4 Å². The molecule has 2 N–H and O–H groups in total. The molecule has 3 atom stereocenters. The van der Waals surface area contributed by atoms with Gasteiger partial charge in [0.15, 0.2) is 0 Å². The number of fused-ring (bicyclic) bond motifs is 2. The second kappa shape index (κ2) is 11.4. The van der Waals surface area contributed by atoms with Crippen LogP contribution in [-0.4, -0.2) is 61.6 Å². The van der Waals surface area contributed by atoms with Crippen LogP contribution in [0.3, 0.4) is 0 Å². The average Bonchev–Trinajstić information content (AvgIpc) is 2.90. The van der Waals surface area contributed by atoms with Crippen LogP contribution >= 0.6 is 0 Å². The molecule has 0 radical (unpaired) electrons. The SMILES string of the molecule is CCC(=O)Nc1ccc2c(c1)C(=O)N(C)[C@@H]1CC[C@H](CC(=O)NCc3ccc(OC)cc3)O[C@H]1CO2. The smallest absolute Gasteiger partial charge is 0.257 e. The Balaban J connectivity index is 1.36. The number of benzene rings is 2. The Kier molecular flexibility index (Phi) is 8.10. The summed E-state index contributed by atoms with van der Waals surface area (Å²) >= 11 is 0. The molecule has 2 heterocycles. The van der Waals surface area contributed by atoms with Gasteiger partial charge >= 0.3 is 0 Å². The number of hydrogen-bond donors (Lipinski definition) is 2. The molecule has 2 aromatic rings. The lowest BCUT2D eigenvalue weighted by Crippen LogP contribution is -2.53. The summed E-state index contributed by atoms with van der Waals surface area (Å²) in [5, 5.41) is 5.73. The minimum absolute atomic E-state index is 0.0857. The number of carbonyl (C=O) groups excluding carboxylic acids is 3. The van der Waals surface area contributed by atoms with Gasteiger partial charge in [0.2, 0.25) is 11.8 Å². The highest BCUT2D eigenvalue weighted by Gasteiger charge is 2.39. The molecule has 2 aliphatic rings. The van der Waals surface area contributed by atoms with Gasteiger partial charge in [-0.2, -0.15) is 0 Å². The van der Waals surface area contributed by atoms with E-state index in [0.717, 1.165) is 11.3 Å². The third kappa shape index (κ3) is 5.96. The number of amides is 3. The predicted octanol–water partition coefficient (Wildman–Crippen LogP) is 3.13. The Bertz CT molecular complexity index is 1100. The van der Waals surface area contributed by atoms with Crippen molar-refractivity contribution in [3.63, 3.8) is 0 Å². The topological polar surface area (TPSA) is 106 Å². The molecule has 2 aromatic carbocycles. The Morgan fingerprint density at radius 1 is 1.11 bits per heavy atom. The van der Waals surface area contributed by atoms with Gasteiger partial charge < -0.3 is 29.7 Å². The summed E-state index contributed by atoms with van der Waals surface area (Å²) in [6, 6.07) is 12.4. The zero-order valence-electron chi connectivity index (χ0n) is 20.9. The maximum Gasteiger partial charge on any atom is 0.257 e. The van der Waals surface area contributed by atoms with Gasteiger partial charge in [0.05, 0.1) is 31.2 Å². The van der Waals surface area contributed by atoms with Crippen LogP contribution < -0.4 is 20.1 Å². The van der Waals surface area contributed by atoms with E-state index in [1.807, 2.05) is 24.3 Å². The average molecular weight is 496 g/mol. The van der Waals surface area contributed by atoms with Gasteiger partial charge in [0.25, 0.3) is 5.91 Å². The van der Waals surface area contributed by atoms with E-state index in [-0.39, 0.29) is 49.0 Å². The first-order chi connectivity index (χ1) is 17.4. The molecular weight excluding hydrogens is 462 g/mol. The number of likely N-dealkylation sites (N-methyl/N-ethyl adjacent to an activating group) is 1. The molecule has 4 rings (SSSR count). The van der Waals surface area contributed by atoms with Crippen LogP contribution in [-0.2, 0) is 20.9 Å². The van der Waals surface area contributed by atoms with Gasteiger partial charge in [-0.25, -0.2) is 0 Å². The molecule has 2 aliphatic heterocycles. The first-order valence-electron chi connectivity index (χ1n) is 12.3. The van der Waals surface area contributed by atoms with Gasteiger partial charge in [0.1, 0.15) is 24.2 Å². The second-order valence-electron chi connectivity index (χ2n) is 9.11. The van der Waals surface area contributed by atoms with Gasteiger partial charge in [-0.1, -0.05) is 19.1 Å². The van der Waals surface area contributed by atoms with Crippen molar-refractivity contribution in [3.8, 4) is 11.5 Å². The minimum atomic E-state index is -0.347. The lowest BCUT2D eigenvalue weighted by atomic mass is 9.94. The molecule has 0 aromatic heterocycles. The standard InChI is InChI=1S/C27H33N3O6/c1-4-25(31)29-18-7-12-23-21(13-18)27(33)30(2)22-11-10-20(36-24(22)16-35-23)14-26(32)28-15-17-5-8-19(34-3)9-6-17/h5-9,12-13,20,22,24H,4,10-11,14-16H2,1-3H3,(H,28,32)(H,29,31)/t20-,22-,24+/m1/s1. The van der Waals surface area contributed by atoms with Crippen molar-refractivity contribution in [1.29, 1.82) is 0 Å². The van der Waals surface area contributed by atoms with E-state index in [2.05, 4.69) is 10.6 Å². The number of hydrogen-bond acceptors (Lipinski definition) is 6. The summed E-state index contributed by atoms with van der Waals surface area (Å²) in [6.45, 7) is 2.46. The third-order valence-corrected chi connectivity index (χ3v) is 6.68. The second-order valence-corrected chi connectivity index (χ2v) is 9.11. The maximum atomic E-state index is 13.3. The maximum absolute atomic E-state index is 13.3. The largest absolute Gasteiger partial charge is 0.497 e. The number of nitrogens with one attached hydrogen (secondary N) is 2. The highest BCUT2D eigenvalue weighted by atomic mass is 16.5. The van der Waals surface area contributed by atoms with Crippen molar-refractivity contribution in [1.82, 2.24) is 10.2 Å². The third-order valence-electron chi connectivity index (χ3n) is 6.68. The van der Waals surface area contributed by atoms with Crippen LogP contribution in [0.2, 0.25) is 0 Å². The van der Waals surface area contributed by atoms with Gasteiger partial charge in [-0.15, -0.1) is 0 Å². The summed E-state index contributed by atoms with van der Waals surface area (Å²) < 4.78 is 17.4. The molecule has 3 amide bonds. The number of carbonyl (C=O) groups is 3. The van der Waals surface area contributed by atoms with E-state index in [1.54, 1.807) is 44.2 Å². The number of nitrogens with zero attached hydrogens (tertiary/aromatic N) is 1. The molecule has 0 spiro atoms. The van der Waals surface area contributed by atoms with Crippen molar-refractivity contribution in [2.75, 3.05) is 26.1 Å². The number of methoxy groups -OCH3 is 1. The monoisotopic (exact) mass is 495 g/mol. The van der Waals surface area contributed by atoms with Crippen molar-refractivity contribution in [3.05, 3.63) is 53.6 Å². The molecule has 0 unspecified atom stereocenters. The fourth-order valence-electron chi connectivity index (χ4n) is 4.58. The molecule has 9 nitrogen and oxygen atoms in total. The number of rotatable bonds is 7. The minimum Gasteiger partial charge on any atom is -0.497 e. The van der Waals surface area contributed by atoms with E-state index in [0.29, 0.717) is 42.8 Å². The van der Waals surface area contributed by atoms with E-state index in [4.69, 9.17) is 14.2 Å². The van der Waals surface area contributed by atoms with Crippen LogP contribution in [0.1, 0.15) is 48.5 Å². The highest BCUT2D eigenvalue weighted by Crippen LogP contribution is 2.32. The summed E-state index contributed by atoms with van der Waals surface area (Å²) in [5.74, 6) is 0.820. The Morgan fingerprint density at radius 3 is 2.61 bits per heavy atom. The van der Waals surface area contributed by atoms with Gasteiger partial charge in [0, 0.05) is 25.7 Å². The normalized spacial score (nSPS) is 21.2. The van der Waals surface area contributed by atoms with Crippen LogP contribution in [0.15, 0.2) is 42.5 Å². The number of ether oxygens (including phenoxy) is 3. The van der Waals surface area contributed by atoms with Gasteiger partial charge in [-0.05, 0) is 48.7 Å². The van der Waals surface area contributed by atoms with Crippen molar-refractivity contribution in [2.45, 2.75) is 57.4 Å². The molecule has 0 bridgehead atoms. The summed E-state index contributed by atoms with van der Waals surface area (Å²) in [4.78, 5) is 39.3. The Hall–Kier alpha value is -3.59. The fourth-order valence-corrected chi connectivity index (χ4v) is 4.58. The highest BCUT2D eigenvalue weighted by molar-refractivity contribution is 5.99. The number of anilines is 1. The fraction of sp³-hybridized carbons (Fsp3) is 0.444.